The summed E-state index contributed by atoms with van der Waals surface area (Å²) in [6.07, 6.45) is -0.0697. The van der Waals surface area contributed by atoms with E-state index in [-0.39, 0.29) is 11.1 Å². The molecule has 1 N–H and O–H groups in total. The van der Waals surface area contributed by atoms with Crippen LogP contribution in [0.4, 0.5) is 18.9 Å². The van der Waals surface area contributed by atoms with Gasteiger partial charge in [-0.1, -0.05) is 30.3 Å². The van der Waals surface area contributed by atoms with Crippen LogP contribution in [0.25, 0.3) is 17.0 Å². The second kappa shape index (κ2) is 6.76. The lowest BCUT2D eigenvalue weighted by Gasteiger charge is -2.10. The first-order valence-corrected chi connectivity index (χ1v) is 7.43. The molecule has 25 heavy (non-hydrogen) atoms. The molecule has 0 bridgehead atoms. The lowest BCUT2D eigenvalue weighted by atomic mass is 10.1. The van der Waals surface area contributed by atoms with E-state index in [2.05, 4.69) is 10.3 Å². The predicted octanol–water partition coefficient (Wildman–Crippen LogP) is 4.91. The number of pyridine rings is 1. The summed E-state index contributed by atoms with van der Waals surface area (Å²) in [5.41, 5.74) is 0.705. The van der Waals surface area contributed by atoms with E-state index in [9.17, 15) is 18.0 Å². The van der Waals surface area contributed by atoms with Crippen LogP contribution in [0.15, 0.2) is 66.9 Å². The zero-order valence-electron chi connectivity index (χ0n) is 12.9. The Labute approximate surface area is 141 Å². The molecule has 0 unspecified atom stereocenters. The van der Waals surface area contributed by atoms with Crippen molar-refractivity contribution >= 4 is 28.6 Å². The van der Waals surface area contributed by atoms with Crippen LogP contribution in [-0.2, 0) is 11.0 Å². The largest absolute Gasteiger partial charge is 0.416 e. The maximum absolute atomic E-state index is 12.9. The smallest absolute Gasteiger partial charge is 0.322 e. The van der Waals surface area contributed by atoms with Gasteiger partial charge in [0.15, 0.2) is 0 Å². The molecule has 0 atom stereocenters. The first-order valence-electron chi connectivity index (χ1n) is 7.43. The number of anilines is 1. The number of carbonyl (C=O) groups is 1. The molecule has 0 aliphatic carbocycles. The van der Waals surface area contributed by atoms with Crippen molar-refractivity contribution in [3.05, 3.63) is 78.0 Å². The van der Waals surface area contributed by atoms with Crippen molar-refractivity contribution in [2.45, 2.75) is 6.18 Å². The third-order valence-electron chi connectivity index (χ3n) is 3.55. The summed E-state index contributed by atoms with van der Waals surface area (Å²) in [5.74, 6) is -0.436. The molecular weight excluding hydrogens is 329 g/mol. The highest BCUT2D eigenvalue weighted by molar-refractivity contribution is 6.07. The van der Waals surface area contributed by atoms with Gasteiger partial charge in [0.1, 0.15) is 0 Å². The Balaban J connectivity index is 1.88. The van der Waals surface area contributed by atoms with Gasteiger partial charge in [0.25, 0.3) is 0 Å². The zero-order chi connectivity index (χ0) is 17.9. The first-order chi connectivity index (χ1) is 11.9. The number of nitrogens with zero attached hydrogens (tertiary/aromatic N) is 1. The fourth-order valence-corrected chi connectivity index (χ4v) is 2.34. The van der Waals surface area contributed by atoms with E-state index < -0.39 is 17.6 Å². The highest BCUT2D eigenvalue weighted by Crippen LogP contribution is 2.33. The lowest BCUT2D eigenvalue weighted by Crippen LogP contribution is -2.09. The molecule has 3 nitrogen and oxygen atoms in total. The maximum Gasteiger partial charge on any atom is 0.416 e. The van der Waals surface area contributed by atoms with E-state index in [1.54, 1.807) is 6.08 Å². The normalized spacial score (nSPS) is 11.8. The van der Waals surface area contributed by atoms with Crippen LogP contribution in [0.1, 0.15) is 11.1 Å². The average molecular weight is 342 g/mol. The molecule has 1 amide bonds. The molecule has 126 valence electrons. The van der Waals surface area contributed by atoms with Crippen LogP contribution in [0.5, 0.6) is 0 Å². The molecule has 2 aromatic carbocycles. The van der Waals surface area contributed by atoms with Gasteiger partial charge in [-0.25, -0.2) is 0 Å². The minimum absolute atomic E-state index is 0.235. The molecule has 0 radical (unpaired) electrons. The van der Waals surface area contributed by atoms with Crippen molar-refractivity contribution in [3.63, 3.8) is 0 Å². The Hall–Kier alpha value is -3.15. The molecule has 1 aromatic heterocycles. The van der Waals surface area contributed by atoms with E-state index in [1.807, 2.05) is 30.3 Å². The van der Waals surface area contributed by atoms with Gasteiger partial charge in [0.05, 0.1) is 16.8 Å². The number of alkyl halides is 3. The minimum atomic E-state index is -4.46. The SMILES string of the molecule is O=C(/C=C/c1ccccc1)Nc1ccnc2ccc(C(F)(F)F)cc12. The van der Waals surface area contributed by atoms with Crippen molar-refractivity contribution in [2.24, 2.45) is 0 Å². The van der Waals surface area contributed by atoms with Gasteiger partial charge in [0, 0.05) is 17.7 Å². The van der Waals surface area contributed by atoms with Crippen LogP contribution in [0, 0.1) is 0 Å². The van der Waals surface area contributed by atoms with Crippen molar-refractivity contribution in [1.29, 1.82) is 0 Å². The number of benzene rings is 2. The number of amides is 1. The number of halogens is 3. The highest BCUT2D eigenvalue weighted by atomic mass is 19.4. The van der Waals surface area contributed by atoms with Gasteiger partial charge >= 0.3 is 6.18 Å². The Morgan fingerprint density at radius 3 is 2.52 bits per heavy atom. The monoisotopic (exact) mass is 342 g/mol. The number of hydrogen-bond donors (Lipinski definition) is 1. The summed E-state index contributed by atoms with van der Waals surface area (Å²) in [5, 5.41) is 2.84. The van der Waals surface area contributed by atoms with Crippen LogP contribution in [-0.4, -0.2) is 10.9 Å². The quantitative estimate of drug-likeness (QED) is 0.688. The molecule has 0 saturated carbocycles. The lowest BCUT2D eigenvalue weighted by molar-refractivity contribution is -0.137. The molecular formula is C19H13F3N2O. The Bertz CT molecular complexity index is 934. The summed E-state index contributed by atoms with van der Waals surface area (Å²) in [7, 11) is 0. The van der Waals surface area contributed by atoms with Crippen molar-refractivity contribution in [3.8, 4) is 0 Å². The second-order valence-corrected chi connectivity index (χ2v) is 5.32. The highest BCUT2D eigenvalue weighted by Gasteiger charge is 2.30. The van der Waals surface area contributed by atoms with Gasteiger partial charge in [-0.3, -0.25) is 9.78 Å². The number of rotatable bonds is 3. The van der Waals surface area contributed by atoms with E-state index in [0.29, 0.717) is 5.52 Å². The molecule has 0 aliphatic rings. The van der Waals surface area contributed by atoms with E-state index in [0.717, 1.165) is 17.7 Å². The summed E-state index contributed by atoms with van der Waals surface area (Å²) < 4.78 is 38.7. The number of aromatic nitrogens is 1. The van der Waals surface area contributed by atoms with Crippen LogP contribution >= 0.6 is 0 Å². The van der Waals surface area contributed by atoms with Crippen molar-refractivity contribution in [1.82, 2.24) is 4.98 Å². The summed E-state index contributed by atoms with van der Waals surface area (Å²) in [6, 6.07) is 13.9. The topological polar surface area (TPSA) is 42.0 Å². The molecule has 3 aromatic rings. The van der Waals surface area contributed by atoms with Crippen LogP contribution < -0.4 is 5.32 Å². The number of hydrogen-bond acceptors (Lipinski definition) is 2. The van der Waals surface area contributed by atoms with Crippen LogP contribution in [0.3, 0.4) is 0 Å². The van der Waals surface area contributed by atoms with Gasteiger partial charge in [0.2, 0.25) is 5.91 Å². The predicted molar refractivity (Wildman–Crippen MR) is 90.9 cm³/mol. The standard InChI is InChI=1S/C19H13F3N2O/c20-19(21,22)14-7-8-16-15(12-14)17(10-11-23-16)24-18(25)9-6-13-4-2-1-3-5-13/h1-12H,(H,23,24,25)/b9-6+. The van der Waals surface area contributed by atoms with E-state index in [1.165, 1.54) is 24.4 Å². The third kappa shape index (κ3) is 4.03. The average Bonchev–Trinajstić information content (AvgIpc) is 2.60. The Morgan fingerprint density at radius 1 is 1.04 bits per heavy atom. The summed E-state index contributed by atoms with van der Waals surface area (Å²) in [6.45, 7) is 0. The van der Waals surface area contributed by atoms with E-state index >= 15 is 0 Å². The van der Waals surface area contributed by atoms with Gasteiger partial charge in [-0.05, 0) is 35.9 Å². The fraction of sp³-hybridized carbons (Fsp3) is 0.0526. The van der Waals surface area contributed by atoms with Crippen molar-refractivity contribution < 1.29 is 18.0 Å². The third-order valence-corrected chi connectivity index (χ3v) is 3.55. The maximum atomic E-state index is 12.9. The van der Waals surface area contributed by atoms with Crippen molar-refractivity contribution in [2.75, 3.05) is 5.32 Å². The molecule has 0 spiro atoms. The molecule has 0 saturated heterocycles. The molecule has 0 fully saturated rings. The molecule has 3 rings (SSSR count). The zero-order valence-corrected chi connectivity index (χ0v) is 12.9. The molecule has 0 aliphatic heterocycles. The second-order valence-electron chi connectivity index (χ2n) is 5.32. The fourth-order valence-electron chi connectivity index (χ4n) is 2.34. The molecule has 6 heteroatoms. The van der Waals surface area contributed by atoms with Gasteiger partial charge < -0.3 is 5.32 Å². The van der Waals surface area contributed by atoms with Crippen LogP contribution in [0.2, 0.25) is 0 Å². The summed E-state index contributed by atoms with van der Waals surface area (Å²) in [4.78, 5) is 16.1. The van der Waals surface area contributed by atoms with Gasteiger partial charge in [-0.2, -0.15) is 13.2 Å². The number of carbonyl (C=O) groups excluding carboxylic acids is 1. The van der Waals surface area contributed by atoms with E-state index in [4.69, 9.17) is 0 Å². The first kappa shape index (κ1) is 16.7. The van der Waals surface area contributed by atoms with Gasteiger partial charge in [-0.15, -0.1) is 0 Å². The Morgan fingerprint density at radius 2 is 1.80 bits per heavy atom. The number of fused-ring (bicyclic) bond motifs is 1. The Kier molecular flexibility index (Phi) is 4.52. The number of nitrogens with one attached hydrogen (secondary N) is 1. The summed E-state index contributed by atoms with van der Waals surface area (Å²) >= 11 is 0. The minimum Gasteiger partial charge on any atom is -0.322 e. The molecule has 1 heterocycles.